The molecule has 0 atom stereocenters. The molecule has 0 aliphatic carbocycles. The Morgan fingerprint density at radius 2 is 1.72 bits per heavy atom. The number of methoxy groups -OCH3 is 1. The van der Waals surface area contributed by atoms with Gasteiger partial charge in [0.05, 0.1) is 12.0 Å². The van der Waals surface area contributed by atoms with Crippen molar-refractivity contribution in [1.82, 2.24) is 9.71 Å². The zero-order chi connectivity index (χ0) is 20.6. The number of aryl methyl sites for hydroxylation is 2. The SMILES string of the molecule is COc1ccc(S(=O)(=O)NCCc2c(C)[nH]c3ccc(C)cc23)c2ccccc12. The molecule has 0 spiro atoms. The van der Waals surface area contributed by atoms with Crippen LogP contribution >= 0.6 is 0 Å². The van der Waals surface area contributed by atoms with Crippen LogP contribution in [0.15, 0.2) is 59.5 Å². The Bertz CT molecular complexity index is 1310. The van der Waals surface area contributed by atoms with Crippen LogP contribution < -0.4 is 9.46 Å². The number of aromatic amines is 1. The molecule has 0 unspecified atom stereocenters. The fourth-order valence-corrected chi connectivity index (χ4v) is 5.10. The van der Waals surface area contributed by atoms with Gasteiger partial charge in [-0.05, 0) is 50.1 Å². The number of fused-ring (bicyclic) bond motifs is 2. The van der Waals surface area contributed by atoms with Gasteiger partial charge in [0.1, 0.15) is 5.75 Å². The average Bonchev–Trinajstić information content (AvgIpc) is 3.01. The highest BCUT2D eigenvalue weighted by molar-refractivity contribution is 7.89. The van der Waals surface area contributed by atoms with Gasteiger partial charge in [-0.2, -0.15) is 0 Å². The molecule has 0 saturated carbocycles. The normalized spacial score (nSPS) is 12.0. The first-order valence-corrected chi connectivity index (χ1v) is 11.0. The van der Waals surface area contributed by atoms with Gasteiger partial charge in [-0.3, -0.25) is 0 Å². The van der Waals surface area contributed by atoms with E-state index in [1.807, 2.05) is 25.1 Å². The van der Waals surface area contributed by atoms with Gasteiger partial charge in [0.15, 0.2) is 0 Å². The van der Waals surface area contributed by atoms with Crippen LogP contribution in [0.3, 0.4) is 0 Å². The lowest BCUT2D eigenvalue weighted by Gasteiger charge is -2.12. The number of nitrogens with one attached hydrogen (secondary N) is 2. The topological polar surface area (TPSA) is 71.2 Å². The molecular formula is C23H24N2O3S. The van der Waals surface area contributed by atoms with E-state index >= 15 is 0 Å². The largest absolute Gasteiger partial charge is 0.496 e. The summed E-state index contributed by atoms with van der Waals surface area (Å²) < 4.78 is 34.2. The molecule has 0 aliphatic rings. The van der Waals surface area contributed by atoms with Crippen molar-refractivity contribution in [2.75, 3.05) is 13.7 Å². The molecule has 0 amide bonds. The zero-order valence-corrected chi connectivity index (χ0v) is 17.6. The summed E-state index contributed by atoms with van der Waals surface area (Å²) in [6.45, 7) is 4.41. The van der Waals surface area contributed by atoms with Crippen molar-refractivity contribution < 1.29 is 13.2 Å². The van der Waals surface area contributed by atoms with E-state index in [2.05, 4.69) is 34.8 Å². The van der Waals surface area contributed by atoms with Crippen LogP contribution in [-0.4, -0.2) is 27.1 Å². The minimum atomic E-state index is -3.66. The molecule has 0 saturated heterocycles. The Morgan fingerprint density at radius 3 is 2.48 bits per heavy atom. The van der Waals surface area contributed by atoms with Gasteiger partial charge in [0, 0.05) is 33.9 Å². The number of ether oxygens (including phenoxy) is 1. The van der Waals surface area contributed by atoms with E-state index in [0.717, 1.165) is 27.5 Å². The lowest BCUT2D eigenvalue weighted by atomic mass is 10.1. The fourth-order valence-electron chi connectivity index (χ4n) is 3.86. The molecule has 0 aliphatic heterocycles. The molecule has 1 aromatic heterocycles. The summed E-state index contributed by atoms with van der Waals surface area (Å²) in [4.78, 5) is 3.64. The first-order chi connectivity index (χ1) is 13.9. The summed E-state index contributed by atoms with van der Waals surface area (Å²) in [6, 6.07) is 16.9. The molecule has 0 radical (unpaired) electrons. The number of hydrogen-bond donors (Lipinski definition) is 2. The van der Waals surface area contributed by atoms with Crippen LogP contribution in [-0.2, 0) is 16.4 Å². The maximum Gasteiger partial charge on any atom is 0.241 e. The van der Waals surface area contributed by atoms with Crippen LogP contribution in [0.4, 0.5) is 0 Å². The minimum Gasteiger partial charge on any atom is -0.496 e. The molecule has 0 bridgehead atoms. The Hall–Kier alpha value is -2.83. The smallest absolute Gasteiger partial charge is 0.241 e. The molecule has 2 N–H and O–H groups in total. The summed E-state index contributed by atoms with van der Waals surface area (Å²) >= 11 is 0. The van der Waals surface area contributed by atoms with E-state index < -0.39 is 10.0 Å². The number of rotatable bonds is 6. The number of aromatic nitrogens is 1. The lowest BCUT2D eigenvalue weighted by molar-refractivity contribution is 0.419. The van der Waals surface area contributed by atoms with Crippen LogP contribution in [0.2, 0.25) is 0 Å². The van der Waals surface area contributed by atoms with E-state index in [9.17, 15) is 8.42 Å². The zero-order valence-electron chi connectivity index (χ0n) is 16.7. The van der Waals surface area contributed by atoms with E-state index in [4.69, 9.17) is 4.74 Å². The van der Waals surface area contributed by atoms with Gasteiger partial charge in [0.25, 0.3) is 0 Å². The van der Waals surface area contributed by atoms with Gasteiger partial charge < -0.3 is 9.72 Å². The van der Waals surface area contributed by atoms with Gasteiger partial charge in [-0.15, -0.1) is 0 Å². The summed E-state index contributed by atoms with van der Waals surface area (Å²) in [6.07, 6.45) is 0.614. The summed E-state index contributed by atoms with van der Waals surface area (Å²) in [7, 11) is -2.07. The molecular weight excluding hydrogens is 384 g/mol. The van der Waals surface area contributed by atoms with Crippen molar-refractivity contribution >= 4 is 31.7 Å². The maximum absolute atomic E-state index is 13.0. The molecule has 3 aromatic carbocycles. The molecule has 1 heterocycles. The summed E-state index contributed by atoms with van der Waals surface area (Å²) in [5.41, 5.74) is 4.47. The first-order valence-electron chi connectivity index (χ1n) is 9.54. The second-order valence-corrected chi connectivity index (χ2v) is 8.97. The quantitative estimate of drug-likeness (QED) is 0.495. The average molecular weight is 409 g/mol. The van der Waals surface area contributed by atoms with Gasteiger partial charge in [-0.25, -0.2) is 13.1 Å². The van der Waals surface area contributed by atoms with Crippen molar-refractivity contribution in [2.24, 2.45) is 0 Å². The predicted octanol–water partition coefficient (Wildman–Crippen LogP) is 4.47. The van der Waals surface area contributed by atoms with E-state index in [1.54, 1.807) is 25.3 Å². The molecule has 0 fully saturated rings. The monoisotopic (exact) mass is 408 g/mol. The highest BCUT2D eigenvalue weighted by Gasteiger charge is 2.19. The lowest BCUT2D eigenvalue weighted by Crippen LogP contribution is -2.26. The van der Waals surface area contributed by atoms with Crippen molar-refractivity contribution in [3.8, 4) is 5.75 Å². The van der Waals surface area contributed by atoms with Crippen molar-refractivity contribution in [3.05, 3.63) is 71.4 Å². The van der Waals surface area contributed by atoms with Gasteiger partial charge in [0.2, 0.25) is 10.0 Å². The first kappa shape index (κ1) is 19.5. The molecule has 5 nitrogen and oxygen atoms in total. The molecule has 6 heteroatoms. The molecule has 4 aromatic rings. The highest BCUT2D eigenvalue weighted by Crippen LogP contribution is 2.31. The third-order valence-corrected chi connectivity index (χ3v) is 6.81. The molecule has 29 heavy (non-hydrogen) atoms. The van der Waals surface area contributed by atoms with Crippen molar-refractivity contribution in [3.63, 3.8) is 0 Å². The standard InChI is InChI=1S/C23H24N2O3S/c1-15-8-9-21-20(14-15)17(16(2)25-21)12-13-24-29(26,27)23-11-10-22(28-3)18-6-4-5-7-19(18)23/h4-11,14,24-25H,12-13H2,1-3H3. The second-order valence-electron chi connectivity index (χ2n) is 7.24. The van der Waals surface area contributed by atoms with Crippen molar-refractivity contribution in [1.29, 1.82) is 0 Å². The Morgan fingerprint density at radius 1 is 0.966 bits per heavy atom. The third-order valence-electron chi connectivity index (χ3n) is 5.30. The third kappa shape index (κ3) is 3.61. The van der Waals surface area contributed by atoms with Crippen LogP contribution in [0.1, 0.15) is 16.8 Å². The fraction of sp³-hybridized carbons (Fsp3) is 0.217. The predicted molar refractivity (Wildman–Crippen MR) is 117 cm³/mol. The van der Waals surface area contributed by atoms with Gasteiger partial charge >= 0.3 is 0 Å². The number of sulfonamides is 1. The number of hydrogen-bond acceptors (Lipinski definition) is 3. The molecule has 4 rings (SSSR count). The summed E-state index contributed by atoms with van der Waals surface area (Å²) in [5, 5.41) is 2.58. The van der Waals surface area contributed by atoms with Crippen LogP contribution in [0.25, 0.3) is 21.7 Å². The van der Waals surface area contributed by atoms with Crippen molar-refractivity contribution in [2.45, 2.75) is 25.2 Å². The van der Waals surface area contributed by atoms with E-state index in [0.29, 0.717) is 24.1 Å². The van der Waals surface area contributed by atoms with E-state index in [1.165, 1.54) is 5.56 Å². The molecule has 150 valence electrons. The highest BCUT2D eigenvalue weighted by atomic mass is 32.2. The number of H-pyrrole nitrogens is 1. The summed E-state index contributed by atoms with van der Waals surface area (Å²) in [5.74, 6) is 0.657. The second kappa shape index (κ2) is 7.54. The minimum absolute atomic E-state index is 0.264. The number of benzene rings is 3. The Kier molecular flexibility index (Phi) is 5.06. The Balaban J connectivity index is 1.60. The van der Waals surface area contributed by atoms with Gasteiger partial charge in [-0.1, -0.05) is 35.9 Å². The van der Waals surface area contributed by atoms with E-state index in [-0.39, 0.29) is 4.90 Å². The maximum atomic E-state index is 13.0. The van der Waals surface area contributed by atoms with Crippen LogP contribution in [0, 0.1) is 13.8 Å². The Labute approximate surface area is 170 Å². The van der Waals surface area contributed by atoms with Crippen LogP contribution in [0.5, 0.6) is 5.75 Å².